The number of nitrogens with zero attached hydrogens (tertiary/aromatic N) is 1. The summed E-state index contributed by atoms with van der Waals surface area (Å²) in [6, 6.07) is 0. The molecule has 3 fully saturated rings. The van der Waals surface area contributed by atoms with Gasteiger partial charge in [-0.1, -0.05) is 12.8 Å². The van der Waals surface area contributed by atoms with Crippen LogP contribution in [0.1, 0.15) is 45.4 Å². The van der Waals surface area contributed by atoms with E-state index in [1.807, 2.05) is 11.8 Å². The molecule has 1 saturated heterocycles. The summed E-state index contributed by atoms with van der Waals surface area (Å²) in [4.78, 5) is 2.87. The lowest BCUT2D eigenvalue weighted by molar-refractivity contribution is 0.0108. The van der Waals surface area contributed by atoms with E-state index in [4.69, 9.17) is 0 Å². The largest absolute Gasteiger partial charge is 0.308 e. The average molecular weight is 268 g/mol. The first-order valence-corrected chi connectivity index (χ1v) is 9.07. The lowest BCUT2D eigenvalue weighted by Crippen LogP contribution is -2.69. The van der Waals surface area contributed by atoms with Gasteiger partial charge in [0, 0.05) is 36.5 Å². The molecule has 18 heavy (non-hydrogen) atoms. The van der Waals surface area contributed by atoms with Gasteiger partial charge in [0.25, 0.3) is 0 Å². The SMILES string of the molecule is CSCCN1CC(C)(C2CC2)NCC12CCCC2. The van der Waals surface area contributed by atoms with Crippen molar-refractivity contribution in [1.82, 2.24) is 10.2 Å². The van der Waals surface area contributed by atoms with Gasteiger partial charge in [-0.05, 0) is 44.8 Å². The standard InChI is InChI=1S/C15H28N2S/c1-14(13-5-6-13)12-17(9-10-18-2)15(11-16-14)7-3-4-8-15/h13,16H,3-12H2,1-2H3. The van der Waals surface area contributed by atoms with Crippen LogP contribution in [0.4, 0.5) is 0 Å². The van der Waals surface area contributed by atoms with Crippen LogP contribution in [0.3, 0.4) is 0 Å². The first kappa shape index (κ1) is 13.3. The number of hydrogen-bond donors (Lipinski definition) is 1. The molecule has 0 aromatic rings. The van der Waals surface area contributed by atoms with E-state index >= 15 is 0 Å². The van der Waals surface area contributed by atoms with Crippen molar-refractivity contribution in [2.75, 3.05) is 31.6 Å². The van der Waals surface area contributed by atoms with Gasteiger partial charge in [0.15, 0.2) is 0 Å². The monoisotopic (exact) mass is 268 g/mol. The maximum atomic E-state index is 3.95. The fraction of sp³-hybridized carbons (Fsp3) is 1.00. The molecule has 0 aromatic carbocycles. The zero-order chi connectivity index (χ0) is 12.6. The molecule has 0 radical (unpaired) electrons. The van der Waals surface area contributed by atoms with Gasteiger partial charge in [-0.25, -0.2) is 0 Å². The molecule has 0 aromatic heterocycles. The van der Waals surface area contributed by atoms with E-state index in [1.54, 1.807) is 0 Å². The van der Waals surface area contributed by atoms with Crippen LogP contribution in [0.15, 0.2) is 0 Å². The van der Waals surface area contributed by atoms with Crippen LogP contribution in [0, 0.1) is 5.92 Å². The Balaban J connectivity index is 1.72. The Kier molecular flexibility index (Phi) is 3.68. The maximum Gasteiger partial charge on any atom is 0.0335 e. The minimum Gasteiger partial charge on any atom is -0.308 e. The van der Waals surface area contributed by atoms with Crippen LogP contribution in [0.2, 0.25) is 0 Å². The minimum absolute atomic E-state index is 0.409. The van der Waals surface area contributed by atoms with E-state index in [-0.39, 0.29) is 0 Å². The molecule has 3 aliphatic rings. The highest BCUT2D eigenvalue weighted by atomic mass is 32.2. The molecule has 2 nitrogen and oxygen atoms in total. The highest BCUT2D eigenvalue weighted by Crippen LogP contribution is 2.45. The first-order valence-electron chi connectivity index (χ1n) is 7.68. The summed E-state index contributed by atoms with van der Waals surface area (Å²) in [7, 11) is 0. The van der Waals surface area contributed by atoms with Gasteiger partial charge >= 0.3 is 0 Å². The zero-order valence-corrected chi connectivity index (χ0v) is 12.8. The summed E-state index contributed by atoms with van der Waals surface area (Å²) >= 11 is 2.00. The van der Waals surface area contributed by atoms with Crippen molar-refractivity contribution in [2.45, 2.75) is 56.5 Å². The predicted molar refractivity (Wildman–Crippen MR) is 80.3 cm³/mol. The molecule has 104 valence electrons. The van der Waals surface area contributed by atoms with Gasteiger partial charge < -0.3 is 5.32 Å². The zero-order valence-electron chi connectivity index (χ0n) is 12.0. The van der Waals surface area contributed by atoms with Crippen molar-refractivity contribution < 1.29 is 0 Å². The highest BCUT2D eigenvalue weighted by Gasteiger charge is 2.51. The smallest absolute Gasteiger partial charge is 0.0335 e. The Morgan fingerprint density at radius 2 is 2.00 bits per heavy atom. The highest BCUT2D eigenvalue weighted by molar-refractivity contribution is 7.98. The molecule has 1 unspecified atom stereocenters. The molecule has 2 aliphatic carbocycles. The Labute approximate surface area is 116 Å². The van der Waals surface area contributed by atoms with Gasteiger partial charge in [0.2, 0.25) is 0 Å². The Bertz CT molecular complexity index is 297. The quantitative estimate of drug-likeness (QED) is 0.844. The van der Waals surface area contributed by atoms with Crippen LogP contribution in [0.25, 0.3) is 0 Å². The van der Waals surface area contributed by atoms with E-state index in [0.717, 1.165) is 5.92 Å². The van der Waals surface area contributed by atoms with E-state index in [0.29, 0.717) is 11.1 Å². The summed E-state index contributed by atoms with van der Waals surface area (Å²) in [5, 5.41) is 3.95. The number of thioether (sulfide) groups is 1. The number of piperazine rings is 1. The third kappa shape index (κ3) is 2.34. The second-order valence-electron chi connectivity index (χ2n) is 6.89. The summed E-state index contributed by atoms with van der Waals surface area (Å²) in [6.45, 7) is 6.30. The molecule has 1 spiro atoms. The van der Waals surface area contributed by atoms with E-state index in [9.17, 15) is 0 Å². The van der Waals surface area contributed by atoms with Crippen molar-refractivity contribution in [2.24, 2.45) is 5.92 Å². The van der Waals surface area contributed by atoms with Crippen molar-refractivity contribution in [3.05, 3.63) is 0 Å². The van der Waals surface area contributed by atoms with Gasteiger partial charge in [-0.3, -0.25) is 4.90 Å². The molecule has 3 rings (SSSR count). The van der Waals surface area contributed by atoms with E-state index in [2.05, 4.69) is 23.4 Å². The predicted octanol–water partition coefficient (Wildman–Crippen LogP) is 2.74. The van der Waals surface area contributed by atoms with Gasteiger partial charge in [-0.15, -0.1) is 0 Å². The third-order valence-electron chi connectivity index (χ3n) is 5.59. The van der Waals surface area contributed by atoms with Crippen molar-refractivity contribution >= 4 is 11.8 Å². The maximum absolute atomic E-state index is 3.95. The first-order chi connectivity index (χ1) is 8.69. The second kappa shape index (κ2) is 4.99. The van der Waals surface area contributed by atoms with E-state index in [1.165, 1.54) is 63.9 Å². The molecule has 0 bridgehead atoms. The lowest BCUT2D eigenvalue weighted by Gasteiger charge is -2.53. The summed E-state index contributed by atoms with van der Waals surface area (Å²) < 4.78 is 0. The average Bonchev–Trinajstić information content (AvgIpc) is 3.13. The normalized spacial score (nSPS) is 36.3. The van der Waals surface area contributed by atoms with Crippen molar-refractivity contribution in [3.8, 4) is 0 Å². The van der Waals surface area contributed by atoms with E-state index < -0.39 is 0 Å². The van der Waals surface area contributed by atoms with Gasteiger partial charge in [0.05, 0.1) is 0 Å². The fourth-order valence-corrected chi connectivity index (χ4v) is 4.54. The fourth-order valence-electron chi connectivity index (χ4n) is 4.14. The summed E-state index contributed by atoms with van der Waals surface area (Å²) in [5.41, 5.74) is 0.927. The number of rotatable bonds is 4. The third-order valence-corrected chi connectivity index (χ3v) is 6.18. The summed E-state index contributed by atoms with van der Waals surface area (Å²) in [6.07, 6.45) is 10.9. The lowest BCUT2D eigenvalue weighted by atomic mass is 9.84. The molecular weight excluding hydrogens is 240 g/mol. The second-order valence-corrected chi connectivity index (χ2v) is 7.88. The Morgan fingerprint density at radius 1 is 1.28 bits per heavy atom. The molecule has 2 saturated carbocycles. The number of nitrogens with one attached hydrogen (secondary N) is 1. The van der Waals surface area contributed by atoms with Gasteiger partial charge in [0.1, 0.15) is 0 Å². The molecule has 1 atom stereocenters. The number of hydrogen-bond acceptors (Lipinski definition) is 3. The van der Waals surface area contributed by atoms with Crippen LogP contribution in [-0.4, -0.2) is 47.6 Å². The van der Waals surface area contributed by atoms with Crippen LogP contribution >= 0.6 is 11.8 Å². The molecule has 1 heterocycles. The van der Waals surface area contributed by atoms with Crippen LogP contribution < -0.4 is 5.32 Å². The minimum atomic E-state index is 0.409. The molecule has 0 amide bonds. The van der Waals surface area contributed by atoms with Crippen molar-refractivity contribution in [3.63, 3.8) is 0 Å². The van der Waals surface area contributed by atoms with Crippen molar-refractivity contribution in [1.29, 1.82) is 0 Å². The summed E-state index contributed by atoms with van der Waals surface area (Å²) in [5.74, 6) is 2.25. The molecular formula is C15H28N2S. The molecule has 3 heteroatoms. The Morgan fingerprint density at radius 3 is 2.61 bits per heavy atom. The van der Waals surface area contributed by atoms with Crippen LogP contribution in [-0.2, 0) is 0 Å². The van der Waals surface area contributed by atoms with Gasteiger partial charge in [-0.2, -0.15) is 11.8 Å². The van der Waals surface area contributed by atoms with Crippen LogP contribution in [0.5, 0.6) is 0 Å². The topological polar surface area (TPSA) is 15.3 Å². The molecule has 1 aliphatic heterocycles. The molecule has 1 N–H and O–H groups in total. The Hall–Kier alpha value is 0.270.